The van der Waals surface area contributed by atoms with Crippen LogP contribution < -0.4 is 27.2 Å². The zero-order chi connectivity index (χ0) is 20.5. The summed E-state index contributed by atoms with van der Waals surface area (Å²) >= 11 is 0. The molecule has 9 heteroatoms. The molecule has 0 radical (unpaired) electrons. The lowest BCUT2D eigenvalue weighted by Crippen LogP contribution is -2.45. The normalized spacial score (nSPS) is 12.1. The fraction of sp³-hybridized carbons (Fsp3) is 0.211. The molecule has 0 bridgehead atoms. The lowest BCUT2D eigenvalue weighted by molar-refractivity contribution is -0.137. The zero-order valence-corrected chi connectivity index (χ0v) is 15.4. The number of para-hydroxylation sites is 1. The van der Waals surface area contributed by atoms with Gasteiger partial charge in [-0.05, 0) is 23.6 Å². The average molecular weight is 385 g/mol. The van der Waals surface area contributed by atoms with Gasteiger partial charge in [-0.2, -0.15) is 0 Å². The summed E-state index contributed by atoms with van der Waals surface area (Å²) in [6, 6.07) is 14.6. The van der Waals surface area contributed by atoms with Gasteiger partial charge in [0, 0.05) is 11.6 Å². The summed E-state index contributed by atoms with van der Waals surface area (Å²) in [5.41, 5.74) is 10.1. The number of amidine groups is 1. The van der Waals surface area contributed by atoms with Crippen LogP contribution in [0.2, 0.25) is 0 Å². The quantitative estimate of drug-likeness (QED) is 0.193. The first kappa shape index (κ1) is 20.7. The maximum Gasteiger partial charge on any atom is 0.305 e. The van der Waals surface area contributed by atoms with Gasteiger partial charge in [0.1, 0.15) is 5.75 Å². The number of hydrogen-bond acceptors (Lipinski definition) is 6. The van der Waals surface area contributed by atoms with Gasteiger partial charge in [-0.15, -0.1) is 5.10 Å². The molecule has 0 aromatic heterocycles. The molecule has 2 aromatic carbocycles. The topological polar surface area (TPSA) is 152 Å². The van der Waals surface area contributed by atoms with E-state index in [1.807, 2.05) is 54.1 Å². The molecule has 0 unspecified atom stereocenters. The molecule has 0 aliphatic heterocycles. The number of carboxylic acid groups (broad SMARTS) is 1. The molecule has 2 rings (SSSR count). The molecule has 1 atom stereocenters. The van der Waals surface area contributed by atoms with E-state index in [4.69, 9.17) is 21.4 Å². The van der Waals surface area contributed by atoms with Crippen LogP contribution in [0.1, 0.15) is 12.0 Å². The minimum absolute atomic E-state index is 0.261. The van der Waals surface area contributed by atoms with Crippen molar-refractivity contribution in [3.63, 3.8) is 0 Å². The van der Waals surface area contributed by atoms with Gasteiger partial charge in [0.2, 0.25) is 5.84 Å². The molecular weight excluding hydrogens is 362 g/mol. The summed E-state index contributed by atoms with van der Waals surface area (Å²) in [6.45, 7) is 0. The van der Waals surface area contributed by atoms with Gasteiger partial charge in [-0.1, -0.05) is 42.5 Å². The van der Waals surface area contributed by atoms with Crippen LogP contribution in [0.4, 0.5) is 0 Å². The Labute approximate surface area is 162 Å². The Morgan fingerprint density at radius 2 is 1.86 bits per heavy atom. The number of aliphatic carboxylic acids is 1. The standard InChI is InChI=1S/C19H23N5O4/c1-28-16-5-3-2-4-15(16)13-8-6-12(7-9-13)10-14(11-17(25)26)22-19(27)18(20)23-24-21/h2-9,14,24H,10-11,21H2,1H3,(H2,20,23)(H,22,27)(H,25,26)/t14-/m1/s1. The first-order valence-corrected chi connectivity index (χ1v) is 8.48. The maximum absolute atomic E-state index is 12.0. The number of benzene rings is 2. The number of carbonyl (C=O) groups excluding carboxylic acids is 1. The van der Waals surface area contributed by atoms with Crippen molar-refractivity contribution in [2.24, 2.45) is 16.7 Å². The highest BCUT2D eigenvalue weighted by atomic mass is 16.5. The first-order valence-electron chi connectivity index (χ1n) is 8.48. The van der Waals surface area contributed by atoms with Gasteiger partial charge >= 0.3 is 5.97 Å². The molecule has 148 valence electrons. The number of nitrogens with one attached hydrogen (secondary N) is 2. The molecule has 7 N–H and O–H groups in total. The minimum Gasteiger partial charge on any atom is -0.496 e. The molecule has 0 heterocycles. The van der Waals surface area contributed by atoms with Crippen LogP contribution in [-0.2, 0) is 16.0 Å². The maximum atomic E-state index is 12.0. The summed E-state index contributed by atoms with van der Waals surface area (Å²) in [5.74, 6) is 3.62. The number of methoxy groups -OCH3 is 1. The lowest BCUT2D eigenvalue weighted by atomic mass is 9.99. The van der Waals surface area contributed by atoms with E-state index in [0.717, 1.165) is 22.4 Å². The Bertz CT molecular complexity index is 852. The van der Waals surface area contributed by atoms with Gasteiger partial charge < -0.3 is 20.9 Å². The summed E-state index contributed by atoms with van der Waals surface area (Å²) in [6.07, 6.45) is 0.0525. The van der Waals surface area contributed by atoms with E-state index >= 15 is 0 Å². The Morgan fingerprint density at radius 1 is 1.18 bits per heavy atom. The number of rotatable bonds is 8. The average Bonchev–Trinajstić information content (AvgIpc) is 2.68. The fourth-order valence-electron chi connectivity index (χ4n) is 2.75. The van der Waals surface area contributed by atoms with E-state index in [2.05, 4.69) is 10.4 Å². The van der Waals surface area contributed by atoms with Crippen molar-refractivity contribution in [3.05, 3.63) is 54.1 Å². The van der Waals surface area contributed by atoms with Gasteiger partial charge in [-0.25, -0.2) is 11.4 Å². The van der Waals surface area contributed by atoms with E-state index in [-0.39, 0.29) is 12.3 Å². The zero-order valence-electron chi connectivity index (χ0n) is 15.4. The second-order valence-corrected chi connectivity index (χ2v) is 6.00. The van der Waals surface area contributed by atoms with Crippen molar-refractivity contribution in [1.82, 2.24) is 10.9 Å². The molecule has 0 saturated carbocycles. The van der Waals surface area contributed by atoms with Crippen LogP contribution in [-0.4, -0.2) is 36.0 Å². The van der Waals surface area contributed by atoms with Crippen molar-refractivity contribution < 1.29 is 19.4 Å². The van der Waals surface area contributed by atoms with Crippen LogP contribution in [0.3, 0.4) is 0 Å². The van der Waals surface area contributed by atoms with Crippen LogP contribution in [0, 0.1) is 0 Å². The molecule has 28 heavy (non-hydrogen) atoms. The largest absolute Gasteiger partial charge is 0.496 e. The highest BCUT2D eigenvalue weighted by Gasteiger charge is 2.19. The van der Waals surface area contributed by atoms with Crippen molar-refractivity contribution in [2.45, 2.75) is 18.9 Å². The van der Waals surface area contributed by atoms with Crippen molar-refractivity contribution in [3.8, 4) is 16.9 Å². The Kier molecular flexibility index (Phi) is 7.35. The molecule has 1 amide bonds. The van der Waals surface area contributed by atoms with Gasteiger partial charge in [0.15, 0.2) is 0 Å². The van der Waals surface area contributed by atoms with Gasteiger partial charge in [0.25, 0.3) is 5.91 Å². The van der Waals surface area contributed by atoms with Crippen LogP contribution >= 0.6 is 0 Å². The number of ether oxygens (including phenoxy) is 1. The van der Waals surface area contributed by atoms with Crippen molar-refractivity contribution >= 4 is 17.7 Å². The third kappa shape index (κ3) is 5.71. The fourth-order valence-corrected chi connectivity index (χ4v) is 2.75. The van der Waals surface area contributed by atoms with Crippen LogP contribution in [0.25, 0.3) is 11.1 Å². The second kappa shape index (κ2) is 9.93. The molecule has 0 saturated heterocycles. The predicted molar refractivity (Wildman–Crippen MR) is 105 cm³/mol. The van der Waals surface area contributed by atoms with Crippen LogP contribution in [0.15, 0.2) is 53.6 Å². The number of carbonyl (C=O) groups is 2. The SMILES string of the molecule is COc1ccccc1-c1ccc(C[C@H](CC(=O)O)NC(=O)/C(N)=N/NN)cc1. The lowest BCUT2D eigenvalue weighted by Gasteiger charge is -2.17. The second-order valence-electron chi connectivity index (χ2n) is 6.00. The number of hydrazine groups is 1. The van der Waals surface area contributed by atoms with E-state index in [1.165, 1.54) is 0 Å². The summed E-state index contributed by atoms with van der Waals surface area (Å²) in [7, 11) is 1.61. The van der Waals surface area contributed by atoms with E-state index in [0.29, 0.717) is 6.42 Å². The number of carboxylic acids is 1. The van der Waals surface area contributed by atoms with Gasteiger partial charge in [0.05, 0.1) is 13.5 Å². The molecular formula is C19H23N5O4. The third-order valence-electron chi connectivity index (χ3n) is 4.03. The number of hydrazone groups is 1. The molecule has 0 fully saturated rings. The van der Waals surface area contributed by atoms with Crippen molar-refractivity contribution in [1.29, 1.82) is 0 Å². The highest BCUT2D eigenvalue weighted by molar-refractivity contribution is 6.37. The Morgan fingerprint density at radius 3 is 2.46 bits per heavy atom. The summed E-state index contributed by atoms with van der Waals surface area (Å²) in [4.78, 5) is 23.1. The smallest absolute Gasteiger partial charge is 0.305 e. The molecule has 0 aliphatic carbocycles. The number of hydrogen-bond donors (Lipinski definition) is 5. The predicted octanol–water partition coefficient (Wildman–Crippen LogP) is 0.600. The van der Waals surface area contributed by atoms with E-state index in [1.54, 1.807) is 7.11 Å². The van der Waals surface area contributed by atoms with Crippen molar-refractivity contribution in [2.75, 3.05) is 7.11 Å². The number of nitrogens with two attached hydrogens (primary N) is 2. The first-order chi connectivity index (χ1) is 13.4. The van der Waals surface area contributed by atoms with E-state index in [9.17, 15) is 9.59 Å². The molecule has 0 aliphatic rings. The molecule has 2 aromatic rings. The van der Waals surface area contributed by atoms with Crippen LogP contribution in [0.5, 0.6) is 5.75 Å². The third-order valence-corrected chi connectivity index (χ3v) is 4.03. The summed E-state index contributed by atoms with van der Waals surface area (Å²) < 4.78 is 5.37. The minimum atomic E-state index is -1.04. The number of amides is 1. The number of nitrogens with zero attached hydrogens (tertiary/aromatic N) is 1. The highest BCUT2D eigenvalue weighted by Crippen LogP contribution is 2.29. The monoisotopic (exact) mass is 385 g/mol. The van der Waals surface area contributed by atoms with Gasteiger partial charge in [-0.3, -0.25) is 9.59 Å². The Balaban J connectivity index is 2.15. The molecule has 9 nitrogen and oxygen atoms in total. The van der Waals surface area contributed by atoms with E-state index < -0.39 is 17.9 Å². The molecule has 0 spiro atoms. The summed E-state index contributed by atoms with van der Waals surface area (Å²) in [5, 5.41) is 15.0. The Hall–Kier alpha value is -3.59.